The first-order valence-electron chi connectivity index (χ1n) is 4.86. The Hall–Kier alpha value is -1.77. The molecule has 0 aliphatic rings. The smallest absolute Gasteiger partial charge is 0.416 e. The summed E-state index contributed by atoms with van der Waals surface area (Å²) in [6.45, 7) is -0.929. The molecule has 9 heteroatoms. The van der Waals surface area contributed by atoms with Gasteiger partial charge in [-0.25, -0.2) is 4.68 Å². The third kappa shape index (κ3) is 3.36. The number of methoxy groups -OCH3 is 1. The third-order valence-corrected chi connectivity index (χ3v) is 2.11. The van der Waals surface area contributed by atoms with E-state index >= 15 is 0 Å². The van der Waals surface area contributed by atoms with Crippen molar-refractivity contribution in [3.63, 3.8) is 0 Å². The van der Waals surface area contributed by atoms with Crippen LogP contribution in [0, 0.1) is 0 Å². The van der Waals surface area contributed by atoms with Gasteiger partial charge in [0.25, 0.3) is 5.91 Å². The van der Waals surface area contributed by atoms with Gasteiger partial charge < -0.3 is 15.2 Å². The number of carbonyl (C=O) groups is 1. The summed E-state index contributed by atoms with van der Waals surface area (Å²) < 4.78 is 42.1. The molecule has 2 N–H and O–H groups in total. The number of hydrogen-bond acceptors (Lipinski definition) is 4. The molecular weight excluding hydrogens is 255 g/mol. The summed E-state index contributed by atoms with van der Waals surface area (Å²) in [4.78, 5) is 11.4. The lowest BCUT2D eigenvalue weighted by atomic mass is 10.3. The van der Waals surface area contributed by atoms with Gasteiger partial charge in [0.15, 0.2) is 11.8 Å². The van der Waals surface area contributed by atoms with Gasteiger partial charge in [-0.3, -0.25) is 4.79 Å². The van der Waals surface area contributed by atoms with Crippen LogP contribution in [-0.4, -0.2) is 46.7 Å². The Labute approximate surface area is 100 Å². The normalized spacial score (nSPS) is 13.2. The van der Waals surface area contributed by atoms with Crippen molar-refractivity contribution in [1.82, 2.24) is 15.1 Å². The summed E-state index contributed by atoms with van der Waals surface area (Å²) in [6.07, 6.45) is -7.37. The fourth-order valence-corrected chi connectivity index (χ4v) is 1.15. The summed E-state index contributed by atoms with van der Waals surface area (Å²) in [7, 11) is 2.88. The number of aromatic nitrogens is 2. The lowest BCUT2D eigenvalue weighted by Gasteiger charge is -2.14. The van der Waals surface area contributed by atoms with Crippen LogP contribution in [0.25, 0.3) is 0 Å². The van der Waals surface area contributed by atoms with Gasteiger partial charge in [0.2, 0.25) is 5.88 Å². The number of carbonyl (C=O) groups excluding carboxylic acids is 1. The van der Waals surface area contributed by atoms with Gasteiger partial charge in [0.05, 0.1) is 13.7 Å². The van der Waals surface area contributed by atoms with Crippen molar-refractivity contribution in [2.75, 3.05) is 13.7 Å². The van der Waals surface area contributed by atoms with Crippen LogP contribution in [0.1, 0.15) is 10.5 Å². The first kappa shape index (κ1) is 14.3. The van der Waals surface area contributed by atoms with Crippen molar-refractivity contribution in [3.8, 4) is 5.88 Å². The zero-order valence-corrected chi connectivity index (χ0v) is 9.65. The molecule has 0 saturated carbocycles. The lowest BCUT2D eigenvalue weighted by Crippen LogP contribution is -2.40. The van der Waals surface area contributed by atoms with E-state index in [4.69, 9.17) is 9.84 Å². The molecule has 0 fully saturated rings. The van der Waals surface area contributed by atoms with Gasteiger partial charge in [0.1, 0.15) is 0 Å². The topological polar surface area (TPSA) is 76.4 Å². The van der Waals surface area contributed by atoms with Gasteiger partial charge in [0, 0.05) is 13.1 Å². The molecule has 0 spiro atoms. The van der Waals surface area contributed by atoms with E-state index in [0.29, 0.717) is 0 Å². The highest BCUT2D eigenvalue weighted by atomic mass is 19.4. The van der Waals surface area contributed by atoms with Crippen molar-refractivity contribution >= 4 is 5.91 Å². The molecule has 1 aromatic rings. The van der Waals surface area contributed by atoms with Crippen LogP contribution >= 0.6 is 0 Å². The Bertz CT molecular complexity index is 430. The van der Waals surface area contributed by atoms with Crippen LogP contribution in [0.2, 0.25) is 0 Å². The predicted octanol–water partition coefficient (Wildman–Crippen LogP) is 0.0817. The fraction of sp³-hybridized carbons (Fsp3) is 0.556. The number of aliphatic hydroxyl groups excluding tert-OH is 1. The molecule has 18 heavy (non-hydrogen) atoms. The van der Waals surface area contributed by atoms with E-state index in [-0.39, 0.29) is 11.6 Å². The fourth-order valence-electron chi connectivity index (χ4n) is 1.15. The number of rotatable bonds is 4. The SMILES string of the molecule is COc1cc(C(=O)NCC(O)C(F)(F)F)nn1C. The molecular formula is C9H12F3N3O3. The Morgan fingerprint density at radius 3 is 2.72 bits per heavy atom. The van der Waals surface area contributed by atoms with Gasteiger partial charge in [-0.15, -0.1) is 0 Å². The lowest BCUT2D eigenvalue weighted by molar-refractivity contribution is -0.201. The quantitative estimate of drug-likeness (QED) is 0.810. The number of aryl methyl sites for hydroxylation is 1. The molecule has 1 amide bonds. The van der Waals surface area contributed by atoms with Crippen molar-refractivity contribution in [1.29, 1.82) is 0 Å². The zero-order valence-electron chi connectivity index (χ0n) is 9.65. The van der Waals surface area contributed by atoms with E-state index < -0.39 is 24.7 Å². The van der Waals surface area contributed by atoms with Crippen LogP contribution in [0.4, 0.5) is 13.2 Å². The largest absolute Gasteiger partial charge is 0.481 e. The van der Waals surface area contributed by atoms with Gasteiger partial charge in [-0.05, 0) is 0 Å². The second-order valence-corrected chi connectivity index (χ2v) is 3.46. The molecule has 0 radical (unpaired) electrons. The molecule has 1 rings (SSSR count). The van der Waals surface area contributed by atoms with E-state index in [2.05, 4.69) is 5.10 Å². The Balaban J connectivity index is 2.60. The number of hydrogen-bond donors (Lipinski definition) is 2. The van der Waals surface area contributed by atoms with Gasteiger partial charge in [-0.1, -0.05) is 0 Å². The molecule has 0 aliphatic carbocycles. The summed E-state index contributed by atoms with van der Waals surface area (Å²) >= 11 is 0. The second kappa shape index (κ2) is 5.25. The molecule has 0 aromatic carbocycles. The molecule has 1 unspecified atom stereocenters. The number of halogens is 3. The minimum Gasteiger partial charge on any atom is -0.481 e. The highest BCUT2D eigenvalue weighted by Crippen LogP contribution is 2.19. The van der Waals surface area contributed by atoms with Crippen molar-refractivity contribution in [2.24, 2.45) is 7.05 Å². The van der Waals surface area contributed by atoms with Crippen molar-refractivity contribution < 1.29 is 27.8 Å². The highest BCUT2D eigenvalue weighted by molar-refractivity contribution is 5.92. The van der Waals surface area contributed by atoms with Crippen LogP contribution in [0.5, 0.6) is 5.88 Å². The number of alkyl halides is 3. The van der Waals surface area contributed by atoms with Crippen LogP contribution in [-0.2, 0) is 7.05 Å². The second-order valence-electron chi connectivity index (χ2n) is 3.46. The van der Waals surface area contributed by atoms with Crippen LogP contribution < -0.4 is 10.1 Å². The van der Waals surface area contributed by atoms with E-state index in [0.717, 1.165) is 0 Å². The Morgan fingerprint density at radius 2 is 2.28 bits per heavy atom. The minimum atomic E-state index is -4.77. The van der Waals surface area contributed by atoms with Crippen LogP contribution in [0.15, 0.2) is 6.07 Å². The van der Waals surface area contributed by atoms with E-state index in [1.165, 1.54) is 24.9 Å². The van der Waals surface area contributed by atoms with Crippen molar-refractivity contribution in [3.05, 3.63) is 11.8 Å². The molecule has 1 heterocycles. The maximum absolute atomic E-state index is 12.0. The van der Waals surface area contributed by atoms with E-state index in [1.54, 1.807) is 0 Å². The maximum atomic E-state index is 12.0. The molecule has 0 aliphatic heterocycles. The Morgan fingerprint density at radius 1 is 1.67 bits per heavy atom. The van der Waals surface area contributed by atoms with Gasteiger partial charge in [-0.2, -0.15) is 18.3 Å². The van der Waals surface area contributed by atoms with E-state index in [9.17, 15) is 18.0 Å². The molecule has 6 nitrogen and oxygen atoms in total. The molecule has 1 atom stereocenters. The Kier molecular flexibility index (Phi) is 4.17. The zero-order chi connectivity index (χ0) is 13.9. The summed E-state index contributed by atoms with van der Waals surface area (Å²) in [5.74, 6) is -0.534. The standard InChI is InChI=1S/C9H12F3N3O3/c1-15-7(18-2)3-5(14-15)8(17)13-4-6(16)9(10,11)12/h3,6,16H,4H2,1-2H3,(H,13,17). The summed E-state index contributed by atoms with van der Waals surface area (Å²) in [5, 5.41) is 14.4. The first-order chi connectivity index (χ1) is 8.25. The number of amides is 1. The monoisotopic (exact) mass is 267 g/mol. The van der Waals surface area contributed by atoms with E-state index in [1.807, 2.05) is 5.32 Å². The van der Waals surface area contributed by atoms with Gasteiger partial charge >= 0.3 is 6.18 Å². The number of nitrogens with one attached hydrogen (secondary N) is 1. The number of aliphatic hydroxyl groups is 1. The number of ether oxygens (including phenoxy) is 1. The molecule has 102 valence electrons. The highest BCUT2D eigenvalue weighted by Gasteiger charge is 2.38. The maximum Gasteiger partial charge on any atom is 0.416 e. The number of nitrogens with zero attached hydrogens (tertiary/aromatic N) is 2. The third-order valence-electron chi connectivity index (χ3n) is 2.11. The predicted molar refractivity (Wildman–Crippen MR) is 54.2 cm³/mol. The minimum absolute atomic E-state index is 0.0938. The summed E-state index contributed by atoms with van der Waals surface area (Å²) in [5.41, 5.74) is -0.0938. The first-order valence-corrected chi connectivity index (χ1v) is 4.86. The average Bonchev–Trinajstić information content (AvgIpc) is 2.65. The molecule has 0 bridgehead atoms. The molecule has 0 saturated heterocycles. The average molecular weight is 267 g/mol. The van der Waals surface area contributed by atoms with Crippen LogP contribution in [0.3, 0.4) is 0 Å². The molecule has 1 aromatic heterocycles. The van der Waals surface area contributed by atoms with Crippen molar-refractivity contribution in [2.45, 2.75) is 12.3 Å². The summed E-state index contributed by atoms with van der Waals surface area (Å²) in [6, 6.07) is 1.27.